The fraction of sp³-hybridized carbons (Fsp3) is 0.769. The number of aromatic nitrogens is 2. The summed E-state index contributed by atoms with van der Waals surface area (Å²) in [5.74, 6) is 0.787. The van der Waals surface area contributed by atoms with E-state index in [0.29, 0.717) is 12.6 Å². The Kier molecular flexibility index (Phi) is 3.84. The van der Waals surface area contributed by atoms with E-state index in [9.17, 15) is 0 Å². The van der Waals surface area contributed by atoms with Gasteiger partial charge in [0.05, 0.1) is 12.2 Å². The highest BCUT2D eigenvalue weighted by Crippen LogP contribution is 2.27. The highest BCUT2D eigenvalue weighted by atomic mass is 15.3. The fourth-order valence-electron chi connectivity index (χ4n) is 2.82. The molecule has 0 aromatic carbocycles. The third-order valence-corrected chi connectivity index (χ3v) is 3.98. The molecule has 2 atom stereocenters. The lowest BCUT2D eigenvalue weighted by molar-refractivity contribution is 0.132. The molecule has 4 heteroatoms. The zero-order valence-electron chi connectivity index (χ0n) is 11.2. The van der Waals surface area contributed by atoms with Crippen LogP contribution in [0.4, 0.5) is 0 Å². The van der Waals surface area contributed by atoms with Crippen LogP contribution in [-0.2, 0) is 7.05 Å². The van der Waals surface area contributed by atoms with Crippen LogP contribution in [0.2, 0.25) is 0 Å². The maximum Gasteiger partial charge on any atom is 0.0540 e. The van der Waals surface area contributed by atoms with Crippen LogP contribution in [0.5, 0.6) is 0 Å². The normalized spacial score (nSPS) is 23.9. The van der Waals surface area contributed by atoms with Crippen molar-refractivity contribution >= 4 is 0 Å². The Bertz CT molecular complexity index is 371. The third-order valence-electron chi connectivity index (χ3n) is 3.98. The second-order valence-corrected chi connectivity index (χ2v) is 5.30. The minimum absolute atomic E-state index is 0.339. The highest BCUT2D eigenvalue weighted by Gasteiger charge is 2.26. The number of aryl methyl sites for hydroxylation is 1. The van der Waals surface area contributed by atoms with Gasteiger partial charge in [0.15, 0.2) is 0 Å². The maximum absolute atomic E-state index is 5.98. The second-order valence-electron chi connectivity index (χ2n) is 5.30. The first kappa shape index (κ1) is 12.6. The number of rotatable bonds is 3. The van der Waals surface area contributed by atoms with Gasteiger partial charge in [-0.25, -0.2) is 0 Å². The van der Waals surface area contributed by atoms with Gasteiger partial charge >= 0.3 is 0 Å². The van der Waals surface area contributed by atoms with Gasteiger partial charge in [0.25, 0.3) is 0 Å². The molecule has 17 heavy (non-hydrogen) atoms. The molecular weight excluding hydrogens is 212 g/mol. The van der Waals surface area contributed by atoms with E-state index in [-0.39, 0.29) is 0 Å². The van der Waals surface area contributed by atoms with Gasteiger partial charge in [0.1, 0.15) is 0 Å². The quantitative estimate of drug-likeness (QED) is 0.864. The van der Waals surface area contributed by atoms with Crippen molar-refractivity contribution in [2.75, 3.05) is 19.6 Å². The predicted molar refractivity (Wildman–Crippen MR) is 69.7 cm³/mol. The standard InChI is InChI=1S/C13H24N4/c1-10-5-4-6-17(9-10)13(7-14)12-8-15-16(3)11(12)2/h8,10,13H,4-7,9,14H2,1-3H3. The molecule has 1 aromatic rings. The van der Waals surface area contributed by atoms with E-state index in [1.54, 1.807) is 0 Å². The maximum atomic E-state index is 5.98. The van der Waals surface area contributed by atoms with Crippen LogP contribution < -0.4 is 5.73 Å². The summed E-state index contributed by atoms with van der Waals surface area (Å²) in [6, 6.07) is 0.339. The van der Waals surface area contributed by atoms with Crippen molar-refractivity contribution < 1.29 is 0 Å². The molecule has 2 heterocycles. The summed E-state index contributed by atoms with van der Waals surface area (Å²) in [5.41, 5.74) is 8.51. The Morgan fingerprint density at radius 1 is 1.59 bits per heavy atom. The van der Waals surface area contributed by atoms with Gasteiger partial charge in [-0.15, -0.1) is 0 Å². The largest absolute Gasteiger partial charge is 0.329 e. The summed E-state index contributed by atoms with van der Waals surface area (Å²) >= 11 is 0. The molecule has 0 spiro atoms. The van der Waals surface area contributed by atoms with Crippen molar-refractivity contribution in [2.24, 2.45) is 18.7 Å². The summed E-state index contributed by atoms with van der Waals surface area (Å²) in [5, 5.41) is 4.33. The lowest BCUT2D eigenvalue weighted by atomic mass is 9.96. The van der Waals surface area contributed by atoms with Crippen LogP contribution in [0.15, 0.2) is 6.20 Å². The number of piperidine rings is 1. The van der Waals surface area contributed by atoms with E-state index < -0.39 is 0 Å². The number of likely N-dealkylation sites (tertiary alicyclic amines) is 1. The monoisotopic (exact) mass is 236 g/mol. The molecule has 1 aliphatic rings. The second kappa shape index (κ2) is 5.19. The van der Waals surface area contributed by atoms with Crippen molar-refractivity contribution in [1.29, 1.82) is 0 Å². The first-order valence-corrected chi connectivity index (χ1v) is 6.56. The lowest BCUT2D eigenvalue weighted by Gasteiger charge is -2.36. The topological polar surface area (TPSA) is 47.1 Å². The van der Waals surface area contributed by atoms with E-state index in [4.69, 9.17) is 5.73 Å². The van der Waals surface area contributed by atoms with E-state index in [2.05, 4.69) is 23.8 Å². The molecule has 2 rings (SSSR count). The number of nitrogens with two attached hydrogens (primary N) is 1. The molecule has 4 nitrogen and oxygen atoms in total. The number of hydrogen-bond acceptors (Lipinski definition) is 3. The zero-order chi connectivity index (χ0) is 12.4. The minimum atomic E-state index is 0.339. The average molecular weight is 236 g/mol. The van der Waals surface area contributed by atoms with Crippen LogP contribution >= 0.6 is 0 Å². The number of nitrogens with zero attached hydrogens (tertiary/aromatic N) is 3. The Morgan fingerprint density at radius 2 is 2.35 bits per heavy atom. The van der Waals surface area contributed by atoms with E-state index in [1.165, 1.54) is 30.6 Å². The molecule has 1 aromatic heterocycles. The minimum Gasteiger partial charge on any atom is -0.329 e. The molecule has 0 radical (unpaired) electrons. The van der Waals surface area contributed by atoms with Crippen LogP contribution in [0.25, 0.3) is 0 Å². The van der Waals surface area contributed by atoms with Crippen molar-refractivity contribution in [2.45, 2.75) is 32.7 Å². The molecule has 96 valence electrons. The Hall–Kier alpha value is -0.870. The van der Waals surface area contributed by atoms with Crippen LogP contribution in [0.3, 0.4) is 0 Å². The van der Waals surface area contributed by atoms with Crippen molar-refractivity contribution in [3.05, 3.63) is 17.5 Å². The molecule has 2 N–H and O–H groups in total. The van der Waals surface area contributed by atoms with Crippen LogP contribution in [-0.4, -0.2) is 34.3 Å². The molecule has 0 amide bonds. The molecule has 0 aliphatic carbocycles. The van der Waals surface area contributed by atoms with E-state index >= 15 is 0 Å². The van der Waals surface area contributed by atoms with Gasteiger partial charge in [0.2, 0.25) is 0 Å². The van der Waals surface area contributed by atoms with Gasteiger partial charge in [-0.3, -0.25) is 9.58 Å². The van der Waals surface area contributed by atoms with Gasteiger partial charge in [-0.1, -0.05) is 6.92 Å². The first-order chi connectivity index (χ1) is 8.13. The summed E-state index contributed by atoms with van der Waals surface area (Å²) < 4.78 is 1.94. The molecule has 1 fully saturated rings. The fourth-order valence-corrected chi connectivity index (χ4v) is 2.82. The number of hydrogen-bond donors (Lipinski definition) is 1. The molecule has 0 saturated carbocycles. The van der Waals surface area contributed by atoms with Crippen LogP contribution in [0, 0.1) is 12.8 Å². The Labute approximate surface area is 104 Å². The molecular formula is C13H24N4. The average Bonchev–Trinajstić information content (AvgIpc) is 2.63. The lowest BCUT2D eigenvalue weighted by Crippen LogP contribution is -2.40. The Balaban J connectivity index is 2.18. The van der Waals surface area contributed by atoms with E-state index in [0.717, 1.165) is 12.5 Å². The molecule has 2 unspecified atom stereocenters. The third kappa shape index (κ3) is 2.53. The van der Waals surface area contributed by atoms with Crippen molar-refractivity contribution in [3.63, 3.8) is 0 Å². The van der Waals surface area contributed by atoms with Gasteiger partial charge in [0, 0.05) is 31.4 Å². The SMILES string of the molecule is Cc1c(C(CN)N2CCCC(C)C2)cnn1C. The highest BCUT2D eigenvalue weighted by molar-refractivity contribution is 5.21. The van der Waals surface area contributed by atoms with Gasteiger partial charge in [-0.05, 0) is 32.2 Å². The summed E-state index contributed by atoms with van der Waals surface area (Å²) in [6.07, 6.45) is 4.61. The summed E-state index contributed by atoms with van der Waals surface area (Å²) in [6.45, 7) is 7.46. The molecule has 0 bridgehead atoms. The smallest absolute Gasteiger partial charge is 0.0540 e. The summed E-state index contributed by atoms with van der Waals surface area (Å²) in [7, 11) is 1.99. The van der Waals surface area contributed by atoms with E-state index in [1.807, 2.05) is 17.9 Å². The molecule has 1 saturated heterocycles. The predicted octanol–water partition coefficient (Wildman–Crippen LogP) is 1.46. The van der Waals surface area contributed by atoms with Gasteiger partial charge in [-0.2, -0.15) is 5.10 Å². The molecule has 1 aliphatic heterocycles. The first-order valence-electron chi connectivity index (χ1n) is 6.56. The zero-order valence-corrected chi connectivity index (χ0v) is 11.2. The van der Waals surface area contributed by atoms with Gasteiger partial charge < -0.3 is 5.73 Å². The summed E-state index contributed by atoms with van der Waals surface area (Å²) in [4.78, 5) is 2.53. The van der Waals surface area contributed by atoms with Crippen LogP contribution in [0.1, 0.15) is 37.1 Å². The van der Waals surface area contributed by atoms with Crippen molar-refractivity contribution in [1.82, 2.24) is 14.7 Å². The Morgan fingerprint density at radius 3 is 2.88 bits per heavy atom. The van der Waals surface area contributed by atoms with Crippen molar-refractivity contribution in [3.8, 4) is 0 Å².